The molecule has 1 aromatic rings. The Bertz CT molecular complexity index is 523. The van der Waals surface area contributed by atoms with Crippen molar-refractivity contribution in [2.24, 2.45) is 0 Å². The van der Waals surface area contributed by atoms with E-state index >= 15 is 0 Å². The number of benzene rings is 1. The maximum atomic E-state index is 11.5. The molecule has 0 unspecified atom stereocenters. The minimum Gasteiger partial charge on any atom is -0.496 e. The largest absolute Gasteiger partial charge is 0.496 e. The highest BCUT2D eigenvalue weighted by atomic mass is 16.5. The van der Waals surface area contributed by atoms with E-state index in [1.54, 1.807) is 19.2 Å². The Morgan fingerprint density at radius 2 is 1.95 bits per heavy atom. The van der Waals surface area contributed by atoms with E-state index < -0.39 is 0 Å². The summed E-state index contributed by atoms with van der Waals surface area (Å²) < 4.78 is 5.25. The smallest absolute Gasteiger partial charge is 0.229 e. The van der Waals surface area contributed by atoms with Gasteiger partial charge in [0.05, 0.1) is 7.11 Å². The molecule has 1 aliphatic heterocycles. The second-order valence-corrected chi connectivity index (χ2v) is 4.73. The quantitative estimate of drug-likeness (QED) is 0.584. The van der Waals surface area contributed by atoms with Gasteiger partial charge in [0.15, 0.2) is 0 Å². The summed E-state index contributed by atoms with van der Waals surface area (Å²) in [6.07, 6.45) is 2.81. The van der Waals surface area contributed by atoms with Crippen molar-refractivity contribution in [1.29, 1.82) is 0 Å². The van der Waals surface area contributed by atoms with Crippen LogP contribution in [0.4, 0.5) is 0 Å². The lowest BCUT2D eigenvalue weighted by Crippen LogP contribution is -2.30. The summed E-state index contributed by atoms with van der Waals surface area (Å²) in [4.78, 5) is 35.0. The highest BCUT2D eigenvalue weighted by molar-refractivity contribution is 6.01. The van der Waals surface area contributed by atoms with Crippen LogP contribution in [0.15, 0.2) is 18.2 Å². The van der Waals surface area contributed by atoms with E-state index in [1.165, 1.54) is 4.90 Å². The number of hydrogen-bond acceptors (Lipinski definition) is 4. The molecule has 5 heteroatoms. The molecule has 5 nitrogen and oxygen atoms in total. The fourth-order valence-electron chi connectivity index (χ4n) is 2.34. The number of imide groups is 1. The molecule has 2 amide bonds. The Labute approximate surface area is 117 Å². The first-order valence-electron chi connectivity index (χ1n) is 6.61. The second-order valence-electron chi connectivity index (χ2n) is 4.73. The molecule has 2 rings (SSSR count). The van der Waals surface area contributed by atoms with Crippen molar-refractivity contribution in [3.05, 3.63) is 29.3 Å². The Hall–Kier alpha value is -2.17. The van der Waals surface area contributed by atoms with Crippen LogP contribution in [0.25, 0.3) is 0 Å². The first-order valence-corrected chi connectivity index (χ1v) is 6.61. The lowest BCUT2D eigenvalue weighted by atomic mass is 10.1. The van der Waals surface area contributed by atoms with Crippen molar-refractivity contribution in [3.8, 4) is 5.75 Å². The summed E-state index contributed by atoms with van der Waals surface area (Å²) in [6, 6.07) is 5.27. The number of ether oxygens (including phenoxy) is 1. The van der Waals surface area contributed by atoms with Gasteiger partial charge in [0.1, 0.15) is 12.0 Å². The summed E-state index contributed by atoms with van der Waals surface area (Å²) >= 11 is 0. The average molecular weight is 275 g/mol. The van der Waals surface area contributed by atoms with Crippen LogP contribution in [0.3, 0.4) is 0 Å². The molecule has 1 heterocycles. The van der Waals surface area contributed by atoms with Crippen LogP contribution in [0, 0.1) is 0 Å². The van der Waals surface area contributed by atoms with Gasteiger partial charge in [0.2, 0.25) is 11.8 Å². The van der Waals surface area contributed by atoms with E-state index in [9.17, 15) is 14.4 Å². The molecule has 1 fully saturated rings. The predicted molar refractivity (Wildman–Crippen MR) is 72.7 cm³/mol. The third-order valence-electron chi connectivity index (χ3n) is 3.43. The normalized spacial score (nSPS) is 14.8. The molecule has 0 aromatic heterocycles. The van der Waals surface area contributed by atoms with Gasteiger partial charge < -0.3 is 4.74 Å². The number of hydrogen-bond donors (Lipinski definition) is 0. The molecular weight excluding hydrogens is 258 g/mol. The molecule has 1 aromatic carbocycles. The zero-order valence-electron chi connectivity index (χ0n) is 11.4. The van der Waals surface area contributed by atoms with Crippen molar-refractivity contribution >= 4 is 18.1 Å². The van der Waals surface area contributed by atoms with Gasteiger partial charge in [0.25, 0.3) is 0 Å². The number of aryl methyl sites for hydroxylation is 1. The molecule has 0 radical (unpaired) electrons. The number of amides is 2. The number of aldehydes is 1. The molecule has 0 aliphatic carbocycles. The number of carbonyl (C=O) groups is 3. The van der Waals surface area contributed by atoms with Crippen LogP contribution in [-0.2, 0) is 16.0 Å². The molecule has 1 saturated heterocycles. The minimum atomic E-state index is -0.0849. The number of rotatable bonds is 6. The summed E-state index contributed by atoms with van der Waals surface area (Å²) in [5, 5.41) is 0. The molecule has 1 aliphatic rings. The molecule has 0 spiro atoms. The molecule has 106 valence electrons. The maximum Gasteiger partial charge on any atom is 0.229 e. The zero-order chi connectivity index (χ0) is 14.5. The Morgan fingerprint density at radius 3 is 2.55 bits per heavy atom. The molecule has 0 saturated carbocycles. The summed E-state index contributed by atoms with van der Waals surface area (Å²) in [6.45, 7) is 0.441. The van der Waals surface area contributed by atoms with Crippen LogP contribution in [0.5, 0.6) is 5.75 Å². The lowest BCUT2D eigenvalue weighted by Gasteiger charge is -2.14. The van der Waals surface area contributed by atoms with Gasteiger partial charge in [-0.2, -0.15) is 0 Å². The summed E-state index contributed by atoms with van der Waals surface area (Å²) in [7, 11) is 1.56. The topological polar surface area (TPSA) is 63.7 Å². The lowest BCUT2D eigenvalue weighted by molar-refractivity contribution is -0.138. The second kappa shape index (κ2) is 6.32. The molecular formula is C15H17NO4. The van der Waals surface area contributed by atoms with Crippen molar-refractivity contribution in [1.82, 2.24) is 4.90 Å². The number of carbonyl (C=O) groups excluding carboxylic acids is 3. The van der Waals surface area contributed by atoms with Crippen molar-refractivity contribution in [2.45, 2.75) is 25.7 Å². The molecule has 0 bridgehead atoms. The molecule has 0 N–H and O–H groups in total. The van der Waals surface area contributed by atoms with E-state index in [1.807, 2.05) is 6.07 Å². The van der Waals surface area contributed by atoms with Crippen LogP contribution in [0.2, 0.25) is 0 Å². The van der Waals surface area contributed by atoms with Crippen molar-refractivity contribution in [3.63, 3.8) is 0 Å². The number of methoxy groups -OCH3 is 1. The van der Waals surface area contributed by atoms with E-state index in [2.05, 4.69) is 0 Å². The highest BCUT2D eigenvalue weighted by Gasteiger charge is 2.27. The maximum absolute atomic E-state index is 11.5. The summed E-state index contributed by atoms with van der Waals surface area (Å²) in [5.41, 5.74) is 1.53. The Kier molecular flexibility index (Phi) is 4.50. The van der Waals surface area contributed by atoms with Crippen LogP contribution in [0.1, 0.15) is 35.2 Å². The van der Waals surface area contributed by atoms with Crippen molar-refractivity contribution < 1.29 is 19.1 Å². The van der Waals surface area contributed by atoms with Crippen LogP contribution in [-0.4, -0.2) is 36.7 Å². The Morgan fingerprint density at radius 1 is 1.25 bits per heavy atom. The van der Waals surface area contributed by atoms with E-state index in [-0.39, 0.29) is 11.8 Å². The van der Waals surface area contributed by atoms with Crippen molar-refractivity contribution in [2.75, 3.05) is 13.7 Å². The number of nitrogens with zero attached hydrogens (tertiary/aromatic N) is 1. The van der Waals surface area contributed by atoms with E-state index in [0.717, 1.165) is 11.8 Å². The van der Waals surface area contributed by atoms with Gasteiger partial charge in [-0.1, -0.05) is 12.1 Å². The fourth-order valence-corrected chi connectivity index (χ4v) is 2.34. The average Bonchev–Trinajstić information content (AvgIpc) is 2.79. The van der Waals surface area contributed by atoms with Gasteiger partial charge in [-0.25, -0.2) is 0 Å². The highest BCUT2D eigenvalue weighted by Crippen LogP contribution is 2.21. The van der Waals surface area contributed by atoms with Gasteiger partial charge in [-0.15, -0.1) is 0 Å². The van der Waals surface area contributed by atoms with E-state index in [0.29, 0.717) is 43.5 Å². The Balaban J connectivity index is 1.95. The van der Waals surface area contributed by atoms with Crippen LogP contribution >= 0.6 is 0 Å². The van der Waals surface area contributed by atoms with Crippen LogP contribution < -0.4 is 4.74 Å². The van der Waals surface area contributed by atoms with Gasteiger partial charge in [-0.05, 0) is 24.5 Å². The minimum absolute atomic E-state index is 0.0849. The van der Waals surface area contributed by atoms with E-state index in [4.69, 9.17) is 4.74 Å². The molecule has 20 heavy (non-hydrogen) atoms. The standard InChI is InChI=1S/C15H17NO4/c1-20-13-9-11(10-17)4-5-12(13)3-2-8-16-14(18)6-7-15(16)19/h4-5,9-10H,2-3,6-8H2,1H3. The monoisotopic (exact) mass is 275 g/mol. The fraction of sp³-hybridized carbons (Fsp3) is 0.400. The SMILES string of the molecule is COc1cc(C=O)ccc1CCCN1C(=O)CCC1=O. The first kappa shape index (κ1) is 14.2. The van der Waals surface area contributed by atoms with Gasteiger partial charge in [0, 0.05) is 24.9 Å². The first-order chi connectivity index (χ1) is 9.65. The number of likely N-dealkylation sites (tertiary alicyclic amines) is 1. The predicted octanol–water partition coefficient (Wildman–Crippen LogP) is 1.59. The summed E-state index contributed by atoms with van der Waals surface area (Å²) in [5.74, 6) is 0.491. The third-order valence-corrected chi connectivity index (χ3v) is 3.43. The zero-order valence-corrected chi connectivity index (χ0v) is 11.4. The third kappa shape index (κ3) is 3.04. The van der Waals surface area contributed by atoms with Gasteiger partial charge in [-0.3, -0.25) is 19.3 Å². The molecule has 0 atom stereocenters. The van der Waals surface area contributed by atoms with Gasteiger partial charge >= 0.3 is 0 Å².